The van der Waals surface area contributed by atoms with Crippen molar-refractivity contribution in [2.45, 2.75) is 19.9 Å². The number of hydrogen-bond donors (Lipinski definition) is 2. The Bertz CT molecular complexity index is 448. The Morgan fingerprint density at radius 1 is 1.25 bits per heavy atom. The molecule has 6 heteroatoms. The van der Waals surface area contributed by atoms with Crippen LogP contribution in [0.3, 0.4) is 0 Å². The van der Waals surface area contributed by atoms with Gasteiger partial charge in [-0.25, -0.2) is 4.39 Å². The molecule has 0 spiro atoms. The number of benzene rings is 1. The molecule has 0 unspecified atom stereocenters. The molecule has 0 aliphatic rings. The number of carbonyl (C=O) groups is 2. The zero-order chi connectivity index (χ0) is 15.0. The fourth-order valence-electron chi connectivity index (χ4n) is 1.76. The Kier molecular flexibility index (Phi) is 6.66. The van der Waals surface area contributed by atoms with Crippen LogP contribution in [0.15, 0.2) is 24.3 Å². The second-order valence-corrected chi connectivity index (χ2v) is 4.53. The van der Waals surface area contributed by atoms with Crippen molar-refractivity contribution < 1.29 is 19.1 Å². The average Bonchev–Trinajstić information content (AvgIpc) is 2.37. The summed E-state index contributed by atoms with van der Waals surface area (Å²) in [6.45, 7) is 3.33. The highest BCUT2D eigenvalue weighted by Crippen LogP contribution is 2.07. The lowest BCUT2D eigenvalue weighted by atomic mass is 10.2. The second-order valence-electron chi connectivity index (χ2n) is 4.53. The lowest BCUT2D eigenvalue weighted by Gasteiger charge is -2.21. The van der Waals surface area contributed by atoms with E-state index < -0.39 is 5.97 Å². The molecule has 0 heterocycles. The molecule has 0 aliphatic carbocycles. The van der Waals surface area contributed by atoms with E-state index in [9.17, 15) is 14.0 Å². The van der Waals surface area contributed by atoms with Gasteiger partial charge in [0.1, 0.15) is 5.82 Å². The number of nitrogens with zero attached hydrogens (tertiary/aromatic N) is 1. The van der Waals surface area contributed by atoms with Crippen molar-refractivity contribution in [3.05, 3.63) is 35.6 Å². The van der Waals surface area contributed by atoms with Gasteiger partial charge in [-0.1, -0.05) is 12.1 Å². The van der Waals surface area contributed by atoms with E-state index in [0.717, 1.165) is 5.56 Å². The maximum atomic E-state index is 12.8. The molecule has 110 valence electrons. The Labute approximate surface area is 117 Å². The van der Waals surface area contributed by atoms with Gasteiger partial charge in [-0.3, -0.25) is 14.5 Å². The highest BCUT2D eigenvalue weighted by atomic mass is 19.1. The highest BCUT2D eigenvalue weighted by Gasteiger charge is 2.09. The summed E-state index contributed by atoms with van der Waals surface area (Å²) in [6, 6.07) is 6.08. The maximum absolute atomic E-state index is 12.8. The van der Waals surface area contributed by atoms with Crippen molar-refractivity contribution in [2.75, 3.05) is 19.6 Å². The van der Waals surface area contributed by atoms with E-state index in [-0.39, 0.29) is 18.1 Å². The van der Waals surface area contributed by atoms with Crippen LogP contribution >= 0.6 is 0 Å². The van der Waals surface area contributed by atoms with Gasteiger partial charge in [-0.2, -0.15) is 0 Å². The van der Waals surface area contributed by atoms with Gasteiger partial charge in [-0.15, -0.1) is 0 Å². The summed E-state index contributed by atoms with van der Waals surface area (Å²) in [5.74, 6) is -1.29. The molecule has 20 heavy (non-hydrogen) atoms. The smallest absolute Gasteiger partial charge is 0.304 e. The molecule has 5 nitrogen and oxygen atoms in total. The molecule has 0 bridgehead atoms. The predicted molar refractivity (Wildman–Crippen MR) is 72.6 cm³/mol. The first-order valence-corrected chi connectivity index (χ1v) is 6.40. The first-order valence-electron chi connectivity index (χ1n) is 6.40. The molecule has 1 aromatic rings. The van der Waals surface area contributed by atoms with E-state index in [0.29, 0.717) is 26.2 Å². The Balaban J connectivity index is 2.53. The van der Waals surface area contributed by atoms with Crippen LogP contribution in [0, 0.1) is 5.82 Å². The third kappa shape index (κ3) is 6.84. The molecule has 0 aliphatic heterocycles. The Morgan fingerprint density at radius 3 is 2.45 bits per heavy atom. The summed E-state index contributed by atoms with van der Waals surface area (Å²) < 4.78 is 12.8. The van der Waals surface area contributed by atoms with Crippen molar-refractivity contribution in [1.82, 2.24) is 10.2 Å². The number of carbonyl (C=O) groups excluding carboxylic acids is 1. The molecule has 1 rings (SSSR count). The summed E-state index contributed by atoms with van der Waals surface area (Å²) in [4.78, 5) is 23.4. The fraction of sp³-hybridized carbons (Fsp3) is 0.429. The highest BCUT2D eigenvalue weighted by molar-refractivity contribution is 5.72. The minimum absolute atomic E-state index is 0.0290. The number of nitrogens with one attached hydrogen (secondary N) is 1. The van der Waals surface area contributed by atoms with Gasteiger partial charge in [0.05, 0.1) is 6.42 Å². The van der Waals surface area contributed by atoms with E-state index in [1.165, 1.54) is 19.1 Å². The molecule has 0 saturated carbocycles. The number of halogens is 1. The lowest BCUT2D eigenvalue weighted by molar-refractivity contribution is -0.137. The van der Waals surface area contributed by atoms with Crippen LogP contribution in [0.25, 0.3) is 0 Å². The third-order valence-corrected chi connectivity index (χ3v) is 2.76. The van der Waals surface area contributed by atoms with Gasteiger partial charge in [-0.05, 0) is 17.7 Å². The molecule has 1 aromatic carbocycles. The van der Waals surface area contributed by atoms with Crippen molar-refractivity contribution >= 4 is 11.9 Å². The average molecular weight is 282 g/mol. The molecule has 0 fully saturated rings. The van der Waals surface area contributed by atoms with Crippen LogP contribution in [-0.4, -0.2) is 41.5 Å². The van der Waals surface area contributed by atoms with Crippen molar-refractivity contribution in [3.63, 3.8) is 0 Å². The van der Waals surface area contributed by atoms with Crippen LogP contribution < -0.4 is 5.32 Å². The summed E-state index contributed by atoms with van der Waals surface area (Å²) in [6.07, 6.45) is 0.0290. The zero-order valence-corrected chi connectivity index (χ0v) is 11.4. The topological polar surface area (TPSA) is 69.6 Å². The number of carboxylic acids is 1. The third-order valence-electron chi connectivity index (χ3n) is 2.76. The molecular weight excluding hydrogens is 263 g/mol. The van der Waals surface area contributed by atoms with E-state index in [1.54, 1.807) is 12.1 Å². The van der Waals surface area contributed by atoms with Gasteiger partial charge in [0, 0.05) is 33.1 Å². The molecule has 1 amide bonds. The minimum atomic E-state index is -0.867. The van der Waals surface area contributed by atoms with Crippen LogP contribution in [-0.2, 0) is 16.1 Å². The number of hydrogen-bond acceptors (Lipinski definition) is 3. The fourth-order valence-corrected chi connectivity index (χ4v) is 1.76. The van der Waals surface area contributed by atoms with Gasteiger partial charge in [0.2, 0.25) is 5.91 Å². The molecule has 2 N–H and O–H groups in total. The summed E-state index contributed by atoms with van der Waals surface area (Å²) in [7, 11) is 0. The standard InChI is InChI=1S/C14H19FN2O3/c1-11(18)16-7-9-17(8-6-14(19)20)10-12-2-4-13(15)5-3-12/h2-5H,6-10H2,1H3,(H,16,18)(H,19,20). The van der Waals surface area contributed by atoms with Crippen molar-refractivity contribution in [2.24, 2.45) is 0 Å². The Hall–Kier alpha value is -1.95. The number of carboxylic acid groups (broad SMARTS) is 1. The lowest BCUT2D eigenvalue weighted by Crippen LogP contribution is -2.34. The van der Waals surface area contributed by atoms with Crippen molar-refractivity contribution in [3.8, 4) is 0 Å². The van der Waals surface area contributed by atoms with Gasteiger partial charge >= 0.3 is 5.97 Å². The predicted octanol–water partition coefficient (Wildman–Crippen LogP) is 1.24. The molecule has 0 saturated heterocycles. The van der Waals surface area contributed by atoms with E-state index >= 15 is 0 Å². The SMILES string of the molecule is CC(=O)NCCN(CCC(=O)O)Cc1ccc(F)cc1. The van der Waals surface area contributed by atoms with Gasteiger partial charge in [0.15, 0.2) is 0 Å². The molecule has 0 atom stereocenters. The largest absolute Gasteiger partial charge is 0.481 e. The monoisotopic (exact) mass is 282 g/mol. The first kappa shape index (κ1) is 16.1. The van der Waals surface area contributed by atoms with Gasteiger partial charge < -0.3 is 10.4 Å². The summed E-state index contributed by atoms with van der Waals surface area (Å²) in [5, 5.41) is 11.4. The second kappa shape index (κ2) is 8.27. The first-order chi connectivity index (χ1) is 9.47. The number of amides is 1. The van der Waals surface area contributed by atoms with Crippen LogP contribution in [0.5, 0.6) is 0 Å². The van der Waals surface area contributed by atoms with Crippen LogP contribution in [0.1, 0.15) is 18.9 Å². The molecule has 0 radical (unpaired) electrons. The van der Waals surface area contributed by atoms with E-state index in [4.69, 9.17) is 5.11 Å². The minimum Gasteiger partial charge on any atom is -0.481 e. The summed E-state index contributed by atoms with van der Waals surface area (Å²) in [5.41, 5.74) is 0.902. The van der Waals surface area contributed by atoms with Gasteiger partial charge in [0.25, 0.3) is 0 Å². The number of rotatable bonds is 8. The number of aliphatic carboxylic acids is 1. The normalized spacial score (nSPS) is 10.6. The molecular formula is C14H19FN2O3. The quantitative estimate of drug-likeness (QED) is 0.752. The molecule has 0 aromatic heterocycles. The van der Waals surface area contributed by atoms with E-state index in [1.807, 2.05) is 4.90 Å². The van der Waals surface area contributed by atoms with E-state index in [2.05, 4.69) is 5.32 Å². The van der Waals surface area contributed by atoms with Crippen LogP contribution in [0.4, 0.5) is 4.39 Å². The maximum Gasteiger partial charge on any atom is 0.304 e. The Morgan fingerprint density at radius 2 is 1.90 bits per heavy atom. The zero-order valence-electron chi connectivity index (χ0n) is 11.4. The van der Waals surface area contributed by atoms with Crippen molar-refractivity contribution in [1.29, 1.82) is 0 Å². The van der Waals surface area contributed by atoms with Crippen LogP contribution in [0.2, 0.25) is 0 Å². The summed E-state index contributed by atoms with van der Waals surface area (Å²) >= 11 is 0.